The number of ether oxygens (including phenoxy) is 1. The summed E-state index contributed by atoms with van der Waals surface area (Å²) in [4.78, 5) is 22.2. The van der Waals surface area contributed by atoms with Gasteiger partial charge >= 0.3 is 6.09 Å². The van der Waals surface area contributed by atoms with E-state index in [0.717, 1.165) is 27.0 Å². The number of fused-ring (bicyclic) bond motifs is 2. The van der Waals surface area contributed by atoms with E-state index >= 15 is 0 Å². The number of carbonyl (C=O) groups is 1. The number of carbonyl (C=O) groups excluding carboxylic acids is 1. The molecule has 1 aromatic carbocycles. The van der Waals surface area contributed by atoms with Gasteiger partial charge < -0.3 is 14.5 Å². The normalized spacial score (nSPS) is 16.1. The zero-order valence-corrected chi connectivity index (χ0v) is 24.4. The predicted octanol–water partition coefficient (Wildman–Crippen LogP) is 5.41. The van der Waals surface area contributed by atoms with Crippen molar-refractivity contribution in [2.45, 2.75) is 49.4 Å². The fourth-order valence-electron chi connectivity index (χ4n) is 4.99. The van der Waals surface area contributed by atoms with Gasteiger partial charge in [0.25, 0.3) is 0 Å². The summed E-state index contributed by atoms with van der Waals surface area (Å²) in [6, 6.07) is 9.67. The molecule has 0 radical (unpaired) electrons. The molecule has 1 aliphatic rings. The third-order valence-corrected chi connectivity index (χ3v) is 7.88. The Morgan fingerprint density at radius 3 is 2.63 bits per heavy atom. The highest BCUT2D eigenvalue weighted by Gasteiger charge is 2.30. The van der Waals surface area contributed by atoms with E-state index in [9.17, 15) is 9.18 Å². The summed E-state index contributed by atoms with van der Waals surface area (Å²) in [5.74, 6) is -0.445. The molecular formula is C29H31FN8O2S. The highest BCUT2D eigenvalue weighted by atomic mass is 32.2. The molecule has 0 N–H and O–H groups in total. The molecule has 212 valence electrons. The number of amides is 1. The molecule has 1 saturated heterocycles. The minimum atomic E-state index is -0.524. The number of rotatable bonds is 4. The van der Waals surface area contributed by atoms with E-state index in [0.29, 0.717) is 30.4 Å². The third kappa shape index (κ3) is 5.56. The van der Waals surface area contributed by atoms with E-state index in [4.69, 9.17) is 9.72 Å². The maximum atomic E-state index is 14.9. The maximum Gasteiger partial charge on any atom is 0.410 e. The van der Waals surface area contributed by atoms with Gasteiger partial charge in [0.05, 0.1) is 23.6 Å². The second kappa shape index (κ2) is 10.3. The van der Waals surface area contributed by atoms with Crippen LogP contribution in [0.5, 0.6) is 0 Å². The zero-order chi connectivity index (χ0) is 28.9. The first-order valence-corrected chi connectivity index (χ1v) is 14.2. The minimum Gasteiger partial charge on any atom is -0.444 e. The number of piperazine rings is 1. The second-order valence-electron chi connectivity index (χ2n) is 11.3. The first-order chi connectivity index (χ1) is 19.5. The minimum absolute atomic E-state index is 0.0966. The van der Waals surface area contributed by atoms with Gasteiger partial charge in [0, 0.05) is 66.5 Å². The topological polar surface area (TPSA) is 93.7 Å². The van der Waals surface area contributed by atoms with Crippen molar-refractivity contribution in [2.75, 3.05) is 24.5 Å². The Balaban J connectivity index is 1.24. The molecule has 1 unspecified atom stereocenters. The van der Waals surface area contributed by atoms with Gasteiger partial charge in [0.1, 0.15) is 5.60 Å². The van der Waals surface area contributed by atoms with Gasteiger partial charge in [0.15, 0.2) is 11.5 Å². The van der Waals surface area contributed by atoms with Crippen molar-refractivity contribution >= 4 is 40.1 Å². The zero-order valence-electron chi connectivity index (χ0n) is 23.6. The summed E-state index contributed by atoms with van der Waals surface area (Å²) in [6.45, 7) is 9.55. The number of hydrogen-bond donors (Lipinski definition) is 0. The van der Waals surface area contributed by atoms with Gasteiger partial charge in [0.2, 0.25) is 5.16 Å². The molecule has 5 aromatic rings. The van der Waals surface area contributed by atoms with Crippen LogP contribution in [0.1, 0.15) is 27.7 Å². The van der Waals surface area contributed by atoms with Crippen LogP contribution in [0, 0.1) is 5.82 Å². The number of pyridine rings is 2. The summed E-state index contributed by atoms with van der Waals surface area (Å²) >= 11 is 1.41. The van der Waals surface area contributed by atoms with Crippen LogP contribution in [-0.4, -0.2) is 71.6 Å². The molecule has 0 saturated carbocycles. The van der Waals surface area contributed by atoms with Crippen LogP contribution in [0.25, 0.3) is 27.7 Å². The molecule has 1 amide bonds. The van der Waals surface area contributed by atoms with E-state index in [-0.39, 0.29) is 17.8 Å². The molecule has 4 aromatic heterocycles. The molecule has 1 atom stereocenters. The third-order valence-electron chi connectivity index (χ3n) is 6.93. The molecular weight excluding hydrogens is 543 g/mol. The van der Waals surface area contributed by atoms with Crippen molar-refractivity contribution in [3.63, 3.8) is 0 Å². The number of aryl methyl sites for hydroxylation is 1. The average Bonchev–Trinajstić information content (AvgIpc) is 3.53. The van der Waals surface area contributed by atoms with E-state index < -0.39 is 11.4 Å². The molecule has 10 nitrogen and oxygen atoms in total. The molecule has 0 spiro atoms. The summed E-state index contributed by atoms with van der Waals surface area (Å²) in [5, 5.41) is 14.1. The summed E-state index contributed by atoms with van der Waals surface area (Å²) < 4.78 is 23.8. The van der Waals surface area contributed by atoms with Gasteiger partial charge in [-0.1, -0.05) is 0 Å². The van der Waals surface area contributed by atoms with Crippen molar-refractivity contribution in [1.29, 1.82) is 0 Å². The molecule has 0 bridgehead atoms. The Kier molecular flexibility index (Phi) is 6.80. The lowest BCUT2D eigenvalue weighted by Gasteiger charge is -2.41. The monoisotopic (exact) mass is 574 g/mol. The summed E-state index contributed by atoms with van der Waals surface area (Å²) in [5.41, 5.74) is 3.01. The number of anilines is 1. The molecule has 12 heteroatoms. The highest BCUT2D eigenvalue weighted by molar-refractivity contribution is 7.99. The Morgan fingerprint density at radius 1 is 1.07 bits per heavy atom. The largest absolute Gasteiger partial charge is 0.444 e. The predicted molar refractivity (Wildman–Crippen MR) is 156 cm³/mol. The number of aromatic nitrogens is 6. The van der Waals surface area contributed by atoms with Crippen LogP contribution in [0.15, 0.2) is 65.2 Å². The molecule has 6 rings (SSSR count). The van der Waals surface area contributed by atoms with Crippen molar-refractivity contribution < 1.29 is 13.9 Å². The number of halogens is 1. The van der Waals surface area contributed by atoms with Crippen molar-refractivity contribution in [3.8, 4) is 11.1 Å². The number of hydrogen-bond acceptors (Lipinski definition) is 8. The van der Waals surface area contributed by atoms with Crippen molar-refractivity contribution in [1.82, 2.24) is 34.3 Å². The van der Waals surface area contributed by atoms with Gasteiger partial charge in [-0.15, -0.1) is 10.2 Å². The summed E-state index contributed by atoms with van der Waals surface area (Å²) in [6.07, 6.45) is 6.96. The Hall–Kier alpha value is -4.19. The molecule has 0 aliphatic carbocycles. The SMILES string of the molecule is CC1CN(C(=O)OC(C)(C)C)CCN1c1cnc2ccc(Sc3nnc4c(F)cc(-c5cnn(C)c5)cn34)cc2c1. The van der Waals surface area contributed by atoms with Crippen LogP contribution >= 0.6 is 11.8 Å². The van der Waals surface area contributed by atoms with Crippen molar-refractivity contribution in [2.24, 2.45) is 7.05 Å². The van der Waals surface area contributed by atoms with Crippen molar-refractivity contribution in [3.05, 3.63) is 60.9 Å². The number of nitrogens with zero attached hydrogens (tertiary/aromatic N) is 8. The van der Waals surface area contributed by atoms with E-state index in [2.05, 4.69) is 39.3 Å². The number of benzene rings is 1. The van der Waals surface area contributed by atoms with E-state index in [1.54, 1.807) is 20.2 Å². The van der Waals surface area contributed by atoms with Crippen LogP contribution in [0.3, 0.4) is 0 Å². The lowest BCUT2D eigenvalue weighted by molar-refractivity contribution is 0.0219. The van der Waals surface area contributed by atoms with Crippen LogP contribution in [0.2, 0.25) is 0 Å². The van der Waals surface area contributed by atoms with Crippen LogP contribution < -0.4 is 4.90 Å². The molecule has 5 heterocycles. The van der Waals surface area contributed by atoms with Crippen LogP contribution in [-0.2, 0) is 11.8 Å². The first-order valence-electron chi connectivity index (χ1n) is 13.4. The summed E-state index contributed by atoms with van der Waals surface area (Å²) in [7, 11) is 1.82. The highest BCUT2D eigenvalue weighted by Crippen LogP contribution is 2.32. The molecule has 1 aliphatic heterocycles. The Morgan fingerprint density at radius 2 is 1.90 bits per heavy atom. The lowest BCUT2D eigenvalue weighted by atomic mass is 10.1. The standard InChI is InChI=1S/C29H31FN8O2S/c1-18-15-36(28(39)40-29(2,3)4)8-9-37(18)22-10-19-11-23(6-7-25(19)31-14-22)41-27-34-33-26-24(30)12-20(17-38(26)27)21-13-32-35(5)16-21/h6-7,10-14,16-18H,8-9,15H2,1-5H3. The Labute approximate surface area is 241 Å². The van der Waals surface area contributed by atoms with Crippen LogP contribution in [0.4, 0.5) is 14.9 Å². The second-order valence-corrected chi connectivity index (χ2v) is 12.3. The smallest absolute Gasteiger partial charge is 0.410 e. The lowest BCUT2D eigenvalue weighted by Crippen LogP contribution is -2.54. The fraction of sp³-hybridized carbons (Fsp3) is 0.345. The van der Waals surface area contributed by atoms with Gasteiger partial charge in [-0.3, -0.25) is 14.1 Å². The van der Waals surface area contributed by atoms with Gasteiger partial charge in [-0.05, 0) is 69.8 Å². The van der Waals surface area contributed by atoms with Gasteiger partial charge in [-0.25, -0.2) is 9.18 Å². The maximum absolute atomic E-state index is 14.9. The quantitative estimate of drug-likeness (QED) is 0.281. The average molecular weight is 575 g/mol. The first kappa shape index (κ1) is 27.0. The van der Waals surface area contributed by atoms with E-state index in [1.807, 2.05) is 58.5 Å². The molecule has 41 heavy (non-hydrogen) atoms. The Bertz CT molecular complexity index is 1760. The molecule has 1 fully saturated rings. The fourth-order valence-corrected chi connectivity index (χ4v) is 5.84. The van der Waals surface area contributed by atoms with Gasteiger partial charge in [-0.2, -0.15) is 5.10 Å². The van der Waals surface area contributed by atoms with E-state index in [1.165, 1.54) is 17.8 Å².